The van der Waals surface area contributed by atoms with E-state index in [4.69, 9.17) is 4.74 Å². The highest BCUT2D eigenvalue weighted by atomic mass is 16.6. The zero-order chi connectivity index (χ0) is 13.5. The van der Waals surface area contributed by atoms with Gasteiger partial charge in [-0.2, -0.15) is 0 Å². The molecule has 0 aliphatic carbocycles. The van der Waals surface area contributed by atoms with Gasteiger partial charge in [-0.3, -0.25) is 10.1 Å². The third kappa shape index (κ3) is 4.33. The fourth-order valence-corrected chi connectivity index (χ4v) is 1.62. The molecular formula is C13H20N2O3. The summed E-state index contributed by atoms with van der Waals surface area (Å²) in [7, 11) is 0. The molecule has 0 radical (unpaired) electrons. The molecule has 18 heavy (non-hydrogen) atoms. The van der Waals surface area contributed by atoms with E-state index >= 15 is 0 Å². The van der Waals surface area contributed by atoms with Crippen LogP contribution >= 0.6 is 0 Å². The van der Waals surface area contributed by atoms with E-state index in [2.05, 4.69) is 19.2 Å². The minimum atomic E-state index is -0.355. The van der Waals surface area contributed by atoms with Crippen molar-refractivity contribution >= 4 is 11.4 Å². The van der Waals surface area contributed by atoms with Crippen molar-refractivity contribution < 1.29 is 9.66 Å². The third-order valence-electron chi connectivity index (χ3n) is 2.43. The van der Waals surface area contributed by atoms with Crippen LogP contribution in [0.25, 0.3) is 0 Å². The molecule has 1 N–H and O–H groups in total. The molecule has 1 rings (SSSR count). The van der Waals surface area contributed by atoms with Gasteiger partial charge < -0.3 is 10.1 Å². The number of hydrogen-bond donors (Lipinski definition) is 1. The van der Waals surface area contributed by atoms with Gasteiger partial charge in [-0.15, -0.1) is 0 Å². The van der Waals surface area contributed by atoms with Crippen LogP contribution in [0.5, 0.6) is 0 Å². The predicted molar refractivity (Wildman–Crippen MR) is 72.0 cm³/mol. The molecule has 0 bridgehead atoms. The molecule has 0 atom stereocenters. The van der Waals surface area contributed by atoms with Crippen LogP contribution in [0, 0.1) is 23.0 Å². The summed E-state index contributed by atoms with van der Waals surface area (Å²) in [5.74, 6) is 0.498. The molecule has 5 heteroatoms. The number of nitro benzene ring substituents is 1. The highest BCUT2D eigenvalue weighted by Gasteiger charge is 2.15. The minimum Gasteiger partial charge on any atom is -0.379 e. The second-order valence-electron chi connectivity index (χ2n) is 4.62. The molecule has 0 unspecified atom stereocenters. The Labute approximate surface area is 107 Å². The smallest absolute Gasteiger partial charge is 0.295 e. The number of para-hydroxylation sites is 1. The lowest BCUT2D eigenvalue weighted by Crippen LogP contribution is -2.13. The van der Waals surface area contributed by atoms with Crippen LogP contribution in [0.4, 0.5) is 11.4 Å². The van der Waals surface area contributed by atoms with Gasteiger partial charge in [-0.05, 0) is 18.9 Å². The average molecular weight is 252 g/mol. The number of nitrogens with one attached hydrogen (secondary N) is 1. The van der Waals surface area contributed by atoms with Crippen molar-refractivity contribution in [1.82, 2.24) is 0 Å². The van der Waals surface area contributed by atoms with Gasteiger partial charge in [0.05, 0.1) is 11.5 Å². The van der Waals surface area contributed by atoms with Crippen molar-refractivity contribution in [2.24, 2.45) is 5.92 Å². The van der Waals surface area contributed by atoms with Crippen LogP contribution in [0.2, 0.25) is 0 Å². The van der Waals surface area contributed by atoms with Crippen LogP contribution < -0.4 is 5.32 Å². The molecule has 0 amide bonds. The lowest BCUT2D eigenvalue weighted by atomic mass is 10.1. The predicted octanol–water partition coefficient (Wildman–Crippen LogP) is 2.99. The number of ether oxygens (including phenoxy) is 1. The van der Waals surface area contributed by atoms with Gasteiger partial charge in [0.1, 0.15) is 5.69 Å². The van der Waals surface area contributed by atoms with Gasteiger partial charge in [0.2, 0.25) is 0 Å². The summed E-state index contributed by atoms with van der Waals surface area (Å²) < 4.78 is 5.42. The van der Waals surface area contributed by atoms with Crippen molar-refractivity contribution in [3.63, 3.8) is 0 Å². The van der Waals surface area contributed by atoms with Gasteiger partial charge in [-0.25, -0.2) is 0 Å². The summed E-state index contributed by atoms with van der Waals surface area (Å²) in [4.78, 5) is 10.6. The first kappa shape index (κ1) is 14.4. The Morgan fingerprint density at radius 1 is 1.44 bits per heavy atom. The van der Waals surface area contributed by atoms with E-state index in [9.17, 15) is 10.1 Å². The molecule has 100 valence electrons. The first-order valence-corrected chi connectivity index (χ1v) is 6.08. The standard InChI is InChI=1S/C13H20N2O3/c1-10(2)9-18-8-7-14-12-6-4-5-11(3)13(12)15(16)17/h4-6,10,14H,7-9H2,1-3H3. The number of hydrogen-bond acceptors (Lipinski definition) is 4. The summed E-state index contributed by atoms with van der Waals surface area (Å²) in [6, 6.07) is 5.26. The number of anilines is 1. The summed E-state index contributed by atoms with van der Waals surface area (Å²) >= 11 is 0. The van der Waals surface area contributed by atoms with Crippen LogP contribution in [-0.4, -0.2) is 24.7 Å². The fraction of sp³-hybridized carbons (Fsp3) is 0.538. The lowest BCUT2D eigenvalue weighted by Gasteiger charge is -2.10. The van der Waals surface area contributed by atoms with E-state index in [0.29, 0.717) is 36.9 Å². The highest BCUT2D eigenvalue weighted by Crippen LogP contribution is 2.27. The van der Waals surface area contributed by atoms with E-state index in [0.717, 1.165) is 0 Å². The van der Waals surface area contributed by atoms with Crippen LogP contribution in [0.3, 0.4) is 0 Å². The summed E-state index contributed by atoms with van der Waals surface area (Å²) in [6.07, 6.45) is 0. The Kier molecular flexibility index (Phi) is 5.58. The maximum absolute atomic E-state index is 11.0. The van der Waals surface area contributed by atoms with E-state index in [1.54, 1.807) is 25.1 Å². The molecule has 0 saturated carbocycles. The van der Waals surface area contributed by atoms with Gasteiger partial charge in [0.15, 0.2) is 0 Å². The Morgan fingerprint density at radius 3 is 2.78 bits per heavy atom. The zero-order valence-corrected chi connectivity index (χ0v) is 11.1. The highest BCUT2D eigenvalue weighted by molar-refractivity contribution is 5.64. The molecule has 1 aromatic rings. The monoisotopic (exact) mass is 252 g/mol. The van der Waals surface area contributed by atoms with Crippen molar-refractivity contribution in [1.29, 1.82) is 0 Å². The third-order valence-corrected chi connectivity index (χ3v) is 2.43. The Hall–Kier alpha value is -1.62. The molecule has 5 nitrogen and oxygen atoms in total. The molecule has 0 spiro atoms. The van der Waals surface area contributed by atoms with Crippen molar-refractivity contribution in [2.75, 3.05) is 25.1 Å². The molecular weight excluding hydrogens is 232 g/mol. The number of nitrogens with zero attached hydrogens (tertiary/aromatic N) is 1. The second kappa shape index (κ2) is 6.96. The SMILES string of the molecule is Cc1cccc(NCCOCC(C)C)c1[N+](=O)[O-]. The number of nitro groups is 1. The summed E-state index contributed by atoms with van der Waals surface area (Å²) in [5.41, 5.74) is 1.35. The molecule has 0 fully saturated rings. The van der Waals surface area contributed by atoms with E-state index in [1.165, 1.54) is 0 Å². The number of rotatable bonds is 7. The zero-order valence-electron chi connectivity index (χ0n) is 11.1. The topological polar surface area (TPSA) is 64.4 Å². The average Bonchev–Trinajstić information content (AvgIpc) is 2.27. The van der Waals surface area contributed by atoms with E-state index in [-0.39, 0.29) is 10.6 Å². The Bertz CT molecular complexity index is 405. The minimum absolute atomic E-state index is 0.140. The summed E-state index contributed by atoms with van der Waals surface area (Å²) in [6.45, 7) is 7.72. The van der Waals surface area contributed by atoms with Gasteiger partial charge in [-0.1, -0.05) is 26.0 Å². The molecule has 0 aliphatic heterocycles. The van der Waals surface area contributed by atoms with E-state index < -0.39 is 0 Å². The molecule has 0 heterocycles. The Balaban J connectivity index is 2.52. The normalized spacial score (nSPS) is 10.7. The first-order chi connectivity index (χ1) is 8.52. The van der Waals surface area contributed by atoms with E-state index in [1.807, 2.05) is 0 Å². The van der Waals surface area contributed by atoms with Crippen molar-refractivity contribution in [3.8, 4) is 0 Å². The van der Waals surface area contributed by atoms with Crippen molar-refractivity contribution in [2.45, 2.75) is 20.8 Å². The maximum atomic E-state index is 11.0. The largest absolute Gasteiger partial charge is 0.379 e. The van der Waals surface area contributed by atoms with Gasteiger partial charge in [0.25, 0.3) is 5.69 Å². The number of benzene rings is 1. The lowest BCUT2D eigenvalue weighted by molar-refractivity contribution is -0.384. The van der Waals surface area contributed by atoms with Crippen LogP contribution in [0.1, 0.15) is 19.4 Å². The molecule has 1 aromatic carbocycles. The molecule has 0 saturated heterocycles. The molecule has 0 aliphatic rings. The second-order valence-corrected chi connectivity index (χ2v) is 4.62. The quantitative estimate of drug-likeness (QED) is 0.460. The van der Waals surface area contributed by atoms with Crippen LogP contribution in [-0.2, 0) is 4.74 Å². The Morgan fingerprint density at radius 2 is 2.17 bits per heavy atom. The first-order valence-electron chi connectivity index (χ1n) is 6.08. The maximum Gasteiger partial charge on any atom is 0.295 e. The molecule has 0 aromatic heterocycles. The fourth-order valence-electron chi connectivity index (χ4n) is 1.62. The van der Waals surface area contributed by atoms with Gasteiger partial charge >= 0.3 is 0 Å². The van der Waals surface area contributed by atoms with Crippen LogP contribution in [0.15, 0.2) is 18.2 Å². The number of aryl methyl sites for hydroxylation is 1. The van der Waals surface area contributed by atoms with Gasteiger partial charge in [0, 0.05) is 18.7 Å². The van der Waals surface area contributed by atoms with Crippen molar-refractivity contribution in [3.05, 3.63) is 33.9 Å². The summed E-state index contributed by atoms with van der Waals surface area (Å²) in [5, 5.41) is 14.0.